The molecule has 3 aromatic heterocycles. The number of aliphatic hydroxyl groups is 2. The summed E-state index contributed by atoms with van der Waals surface area (Å²) in [6.45, 7) is 36.5. The number of benzene rings is 1. The molecule has 0 spiro atoms. The van der Waals surface area contributed by atoms with Crippen LogP contribution in [-0.4, -0.2) is 231 Å². The standard InChI is InChI=1S/C23H21F2N5O3.C15H22N4O3.C10H16N4O2.C10H18N2O2.C10H17NO3.C10H17NO2.C7H13BrO2.C5H9NO.C4H9.C4H6.2ClH.Li/c1-33-20-9-12-28-23(29-20)27-11-4-2-3-10-26-21(31)17-6-5-13-30(22(17)32)15-16-7-8-18(24)19(25)14-16;1-15(2,3)22-14(20)18-10-7-5-6-9-16-13-17-11-8-12(19-13)21-4;1-10(2,3)16-9(15)12-7-5-4-6-8-13-14-11;1-10(2,3)14-9(13)12-8-6-4-5-7-11;1-10(2,3)14-9(13)11-7-5-4-6-8-12;11-7-3-1-4-8-12-10-6-2-5-9-13-10;8-4-6-10-7-3-1-2-5-9-7;6-4-2-1-3-5-7;2*1-3-4-2;;;/h5-9,12-14H,4,10-11,15H2,1H3,(H,26,31)(H,27,28,29);8,11H,6,9-10H2,1-4H3,(H,18,20)(H,16,17,19);6-8H2,1-3H3,(H,12,15);5,7-8,11H2,1-3H3,(H,12,13);12H,6-8H2,1-3H3,(H,11,13);10H,2,4-9,11H2;7H,1-6H2;7H,3-6H2;1,3-4H2,2H3;1H,4H2,2H3;2*1H;/q;;;;;;;;-1;;;;+1. The molecule has 5 heterocycles. The van der Waals surface area contributed by atoms with E-state index >= 15 is 0 Å². The van der Waals surface area contributed by atoms with Gasteiger partial charge in [-0.05, 0) is 157 Å². The van der Waals surface area contributed by atoms with E-state index in [1.54, 1.807) is 73.2 Å². The second-order valence-corrected chi connectivity index (χ2v) is 32.0. The Kier molecular flexibility index (Phi) is 96.9. The Balaban J connectivity index is -0.000000295. The Morgan fingerprint density at radius 3 is 1.34 bits per heavy atom. The number of nitrogens with zero attached hydrogens (tertiary/aromatic N) is 8. The number of unbranched alkanes of at least 4 members (excludes halogenated alkanes) is 1. The first-order valence-corrected chi connectivity index (χ1v) is 45.8. The number of terminal acetylenes is 1. The number of methoxy groups -OCH3 is 2. The molecule has 0 aliphatic carbocycles. The van der Waals surface area contributed by atoms with Gasteiger partial charge in [0.2, 0.25) is 23.7 Å². The minimum atomic E-state index is -1.00. The molecule has 0 radical (unpaired) electrons. The summed E-state index contributed by atoms with van der Waals surface area (Å²) in [6.07, 6.45) is 21.6. The van der Waals surface area contributed by atoms with Crippen LogP contribution in [0, 0.1) is 114 Å². The molecule has 776 valence electrons. The van der Waals surface area contributed by atoms with E-state index in [-0.39, 0.29) is 108 Å². The van der Waals surface area contributed by atoms with Crippen molar-refractivity contribution in [2.24, 2.45) is 22.3 Å². The molecule has 2 atom stereocenters. The smallest absolute Gasteiger partial charge is 0.481 e. The van der Waals surface area contributed by atoms with Crippen LogP contribution in [0.3, 0.4) is 0 Å². The van der Waals surface area contributed by atoms with Crippen molar-refractivity contribution < 1.29 is 109 Å². The quantitative estimate of drug-likeness (QED) is 0.00289. The van der Waals surface area contributed by atoms with E-state index < -0.39 is 69.9 Å². The topological polar surface area (TPSA) is 503 Å². The maximum absolute atomic E-state index is 13.4. The number of azide groups is 1. The largest absolute Gasteiger partial charge is 1.00 e. The van der Waals surface area contributed by atoms with Crippen LogP contribution in [0.2, 0.25) is 0 Å². The number of alkyl carbamates (subject to hydrolysis) is 4. The van der Waals surface area contributed by atoms with Gasteiger partial charge in [-0.2, -0.15) is 16.4 Å². The zero-order chi connectivity index (χ0) is 104. The Labute approximate surface area is 861 Å². The van der Waals surface area contributed by atoms with E-state index in [1.165, 1.54) is 61.8 Å². The number of carbonyl (C=O) groups excluding carboxylic acids is 5. The Bertz CT molecular complexity index is 4540. The number of alkyl halides is 1. The van der Waals surface area contributed by atoms with Crippen molar-refractivity contribution in [3.63, 3.8) is 0 Å². The van der Waals surface area contributed by atoms with E-state index in [2.05, 4.69) is 186 Å². The van der Waals surface area contributed by atoms with E-state index in [0.717, 1.165) is 75.8 Å². The maximum Gasteiger partial charge on any atom is 1.00 e. The Hall–Kier alpha value is -11.0. The summed E-state index contributed by atoms with van der Waals surface area (Å²) in [6, 6.07) is 9.62. The normalized spacial score (nSPS) is 11.7. The third-order valence-electron chi connectivity index (χ3n) is 14.5. The number of hydrogen-bond donors (Lipinski definition) is 12. The van der Waals surface area contributed by atoms with Crippen molar-refractivity contribution in [1.29, 1.82) is 0 Å². The number of pyridine rings is 1. The van der Waals surface area contributed by atoms with Gasteiger partial charge in [0.25, 0.3) is 11.5 Å². The van der Waals surface area contributed by atoms with Crippen LogP contribution in [0.15, 0.2) is 71.0 Å². The second-order valence-electron chi connectivity index (χ2n) is 31.2. The number of ether oxygens (including phenoxy) is 10. The van der Waals surface area contributed by atoms with Crippen LogP contribution in [-0.2, 0) is 44.4 Å². The molecule has 6 rings (SSSR count). The fourth-order valence-corrected chi connectivity index (χ4v) is 8.87. The fourth-order valence-electron chi connectivity index (χ4n) is 8.68. The summed E-state index contributed by atoms with van der Waals surface area (Å²) in [5.74, 6) is 40.6. The van der Waals surface area contributed by atoms with Gasteiger partial charge in [-0.1, -0.05) is 118 Å². The first-order chi connectivity index (χ1) is 65.3. The number of rotatable bonds is 28. The minimum Gasteiger partial charge on any atom is -0.481 e. The predicted octanol–water partition coefficient (Wildman–Crippen LogP) is 10.6. The van der Waals surface area contributed by atoms with Gasteiger partial charge in [-0.3, -0.25) is 9.59 Å². The number of hydrogen-bond acceptors (Lipinski definition) is 28. The van der Waals surface area contributed by atoms with Crippen LogP contribution >= 0.6 is 40.7 Å². The van der Waals surface area contributed by atoms with E-state index in [0.29, 0.717) is 120 Å². The number of nitrogens with one attached hydrogen (secondary N) is 7. The molecule has 42 heteroatoms. The molecule has 2 fully saturated rings. The fraction of sp³-hybridized carbons (Fsp3) is 0.582. The van der Waals surface area contributed by atoms with Gasteiger partial charge < -0.3 is 123 Å². The molecular formula is C98H150BrCl2F2LiN18O18. The summed E-state index contributed by atoms with van der Waals surface area (Å²) in [7, 11) is 3.07. The Morgan fingerprint density at radius 1 is 0.586 bits per heavy atom. The predicted molar refractivity (Wildman–Crippen MR) is 548 cm³/mol. The van der Waals surface area contributed by atoms with E-state index in [1.807, 2.05) is 48.5 Å². The first kappa shape index (κ1) is 142. The summed E-state index contributed by atoms with van der Waals surface area (Å²) in [5, 5.41) is 39.5. The number of anilines is 2. The van der Waals surface area contributed by atoms with Gasteiger partial charge in [0, 0.05) is 132 Å². The van der Waals surface area contributed by atoms with Crippen LogP contribution in [0.4, 0.5) is 39.9 Å². The number of carbonyl (C=O) groups is 5. The van der Waals surface area contributed by atoms with Crippen LogP contribution in [0.25, 0.3) is 10.4 Å². The van der Waals surface area contributed by atoms with E-state index in [4.69, 9.17) is 86.7 Å². The van der Waals surface area contributed by atoms with Crippen LogP contribution in [0.1, 0.15) is 216 Å². The Morgan fingerprint density at radius 2 is 0.979 bits per heavy atom. The molecule has 5 amide bonds. The molecule has 0 saturated carbocycles. The molecule has 4 aromatic rings. The summed E-state index contributed by atoms with van der Waals surface area (Å²) >= 11 is 3.30. The molecule has 140 heavy (non-hydrogen) atoms. The number of aliphatic hydroxyl groups excluding tert-OH is 2. The third-order valence-corrected chi connectivity index (χ3v) is 14.9. The molecule has 2 saturated heterocycles. The van der Waals surface area contributed by atoms with Gasteiger partial charge in [-0.25, -0.2) is 37.9 Å². The zero-order valence-corrected chi connectivity index (χ0v) is 87.9. The summed E-state index contributed by atoms with van der Waals surface area (Å²) in [5.41, 5.74) is 21.3. The maximum atomic E-state index is 13.4. The number of nitrogens with two attached hydrogens (primary N) is 3. The number of aromatic nitrogens is 5. The average Bonchev–Trinajstić information content (AvgIpc) is 0.825. The molecule has 1 aromatic carbocycles. The van der Waals surface area contributed by atoms with E-state index in [9.17, 15) is 37.5 Å². The summed E-state index contributed by atoms with van der Waals surface area (Å²) < 4.78 is 79.4. The molecular weight excluding hydrogens is 1910 g/mol. The average molecular weight is 2060 g/mol. The van der Waals surface area contributed by atoms with Crippen molar-refractivity contribution in [3.05, 3.63) is 112 Å². The van der Waals surface area contributed by atoms with Crippen molar-refractivity contribution in [2.75, 3.05) is 142 Å². The first-order valence-electron chi connectivity index (χ1n) is 44.6. The van der Waals surface area contributed by atoms with Gasteiger partial charge in [0.1, 0.15) is 28.0 Å². The zero-order valence-electron chi connectivity index (χ0n) is 84.6. The number of amides is 5. The molecule has 0 bridgehead atoms. The van der Waals surface area contributed by atoms with Gasteiger partial charge in [0.15, 0.2) is 24.2 Å². The second kappa shape index (κ2) is 95.6. The van der Waals surface area contributed by atoms with Crippen molar-refractivity contribution >= 4 is 82.9 Å². The van der Waals surface area contributed by atoms with Crippen molar-refractivity contribution in [2.45, 2.75) is 241 Å². The molecule has 2 unspecified atom stereocenters. The third kappa shape index (κ3) is 97.3. The molecule has 36 nitrogen and oxygen atoms in total. The molecule has 2 aliphatic heterocycles. The SMILES string of the molecule is BrCCOC1CCCCO1.C#CCC.CC(C)(C)OC(=O)NCC#CCCN.CC(C)(C)OC(=O)NCC#CCCN=[N+]=[N-].CC(C)(C)OC(=O)NCC#CCCO.COc1ccnc(NCCC#CCNC(=O)OC(C)(C)C)n1.COc1ccnc(NCCC#CCNC(=O)c2cccn(Cc3ccc(F)c(F)c3)c2=O)n1.Cl.Cl.NCC#CCCO.NCC#CCCOC1CCCCO1.[CH2-]CCC.[Li+]. The van der Waals surface area contributed by atoms with Gasteiger partial charge in [0.05, 0.1) is 93.0 Å². The van der Waals surface area contributed by atoms with Crippen LogP contribution in [0.5, 0.6) is 11.8 Å². The van der Waals surface area contributed by atoms with Crippen molar-refractivity contribution in [3.8, 4) is 107 Å². The molecule has 2 aliphatic rings. The molecule has 15 N–H and O–H groups in total. The summed E-state index contributed by atoms with van der Waals surface area (Å²) in [4.78, 5) is 88.5. The van der Waals surface area contributed by atoms with Gasteiger partial charge >= 0.3 is 43.2 Å². The van der Waals surface area contributed by atoms with Crippen molar-refractivity contribution in [1.82, 2.24) is 51.1 Å². The van der Waals surface area contributed by atoms with Gasteiger partial charge in [-0.15, -0.1) is 49.0 Å². The number of halogens is 5. The minimum absolute atomic E-state index is 0. The van der Waals surface area contributed by atoms with Crippen LogP contribution < -0.4 is 88.3 Å². The monoisotopic (exact) mass is 2060 g/mol.